The molecule has 0 aliphatic rings. The molecule has 0 fully saturated rings. The fourth-order valence-corrected chi connectivity index (χ4v) is 2.70. The Hall–Kier alpha value is -2.60. The molecule has 0 aliphatic carbocycles. The van der Waals surface area contributed by atoms with E-state index >= 15 is 0 Å². The Morgan fingerprint density at radius 3 is 2.88 bits per heavy atom. The fraction of sp³-hybridized carbons (Fsp3) is 0.333. The quantitative estimate of drug-likeness (QED) is 0.730. The van der Waals surface area contributed by atoms with Gasteiger partial charge in [-0.05, 0) is 31.5 Å². The second-order valence-electron chi connectivity index (χ2n) is 5.91. The molecule has 6 nitrogen and oxygen atoms in total. The zero-order valence-corrected chi connectivity index (χ0v) is 14.2. The smallest absolute Gasteiger partial charge is 0.251 e. The van der Waals surface area contributed by atoms with Crippen LogP contribution in [-0.4, -0.2) is 14.8 Å². The van der Waals surface area contributed by atoms with Crippen molar-refractivity contribution < 1.29 is 4.42 Å². The van der Waals surface area contributed by atoms with E-state index in [1.165, 1.54) is 0 Å². The molecule has 0 radical (unpaired) electrons. The standard InChI is InChI=1S/C18H22N4O2/c1-4-14-7-16(12(2)21-18(14)23)17-6-5-15(24-17)10-19-8-13-9-20-22(3)11-13/h5-7,9,11,19H,4,8,10H2,1-3H3,(H,21,23). The van der Waals surface area contributed by atoms with Gasteiger partial charge in [-0.15, -0.1) is 0 Å². The highest BCUT2D eigenvalue weighted by Crippen LogP contribution is 2.24. The van der Waals surface area contributed by atoms with Gasteiger partial charge in [-0.25, -0.2) is 0 Å². The first kappa shape index (κ1) is 16.3. The van der Waals surface area contributed by atoms with Gasteiger partial charge in [-0.1, -0.05) is 6.92 Å². The Bertz CT molecular complexity index is 889. The number of rotatable bonds is 6. The normalized spacial score (nSPS) is 11.1. The molecule has 3 aromatic rings. The van der Waals surface area contributed by atoms with Crippen molar-refractivity contribution in [2.45, 2.75) is 33.4 Å². The summed E-state index contributed by atoms with van der Waals surface area (Å²) in [5.41, 5.74) is 3.63. The number of hydrogen-bond acceptors (Lipinski definition) is 4. The number of hydrogen-bond donors (Lipinski definition) is 2. The third-order valence-corrected chi connectivity index (χ3v) is 4.01. The molecule has 0 aliphatic heterocycles. The number of pyridine rings is 1. The summed E-state index contributed by atoms with van der Waals surface area (Å²) >= 11 is 0. The second kappa shape index (κ2) is 6.88. The van der Waals surface area contributed by atoms with Gasteiger partial charge < -0.3 is 14.7 Å². The monoisotopic (exact) mass is 326 g/mol. The Kier molecular flexibility index (Phi) is 4.66. The molecular weight excluding hydrogens is 304 g/mol. The molecule has 126 valence electrons. The SMILES string of the molecule is CCc1cc(-c2ccc(CNCc3cnn(C)c3)o2)c(C)[nH]c1=O. The van der Waals surface area contributed by atoms with Crippen LogP contribution in [0.15, 0.2) is 39.8 Å². The second-order valence-corrected chi connectivity index (χ2v) is 5.91. The van der Waals surface area contributed by atoms with Crippen molar-refractivity contribution in [3.8, 4) is 11.3 Å². The van der Waals surface area contributed by atoms with Crippen molar-refractivity contribution >= 4 is 0 Å². The van der Waals surface area contributed by atoms with Gasteiger partial charge in [0.25, 0.3) is 5.56 Å². The Balaban J connectivity index is 1.70. The summed E-state index contributed by atoms with van der Waals surface area (Å²) in [5, 5.41) is 7.48. The van der Waals surface area contributed by atoms with E-state index in [2.05, 4.69) is 15.4 Å². The molecule has 6 heteroatoms. The molecule has 3 heterocycles. The lowest BCUT2D eigenvalue weighted by molar-refractivity contribution is 0.493. The fourth-order valence-electron chi connectivity index (χ4n) is 2.70. The molecule has 2 N–H and O–H groups in total. The van der Waals surface area contributed by atoms with Crippen LogP contribution >= 0.6 is 0 Å². The molecular formula is C18H22N4O2. The Labute approximate surface area is 140 Å². The topological polar surface area (TPSA) is 75.8 Å². The summed E-state index contributed by atoms with van der Waals surface area (Å²) in [7, 11) is 1.90. The Morgan fingerprint density at radius 2 is 2.17 bits per heavy atom. The average Bonchev–Trinajstić information content (AvgIpc) is 3.17. The van der Waals surface area contributed by atoms with Gasteiger partial charge in [0.2, 0.25) is 0 Å². The first-order chi connectivity index (χ1) is 11.6. The van der Waals surface area contributed by atoms with Crippen molar-refractivity contribution in [2.75, 3.05) is 0 Å². The van der Waals surface area contributed by atoms with E-state index in [9.17, 15) is 4.79 Å². The summed E-state index contributed by atoms with van der Waals surface area (Å²) in [6.45, 7) is 5.23. The van der Waals surface area contributed by atoms with Crippen LogP contribution in [0, 0.1) is 6.92 Å². The van der Waals surface area contributed by atoms with E-state index in [0.29, 0.717) is 13.0 Å². The van der Waals surface area contributed by atoms with Crippen LogP contribution in [0.5, 0.6) is 0 Å². The average molecular weight is 326 g/mol. The van der Waals surface area contributed by atoms with E-state index in [-0.39, 0.29) is 5.56 Å². The van der Waals surface area contributed by atoms with Crippen LogP contribution in [0.1, 0.15) is 29.5 Å². The maximum Gasteiger partial charge on any atom is 0.251 e. The third-order valence-electron chi connectivity index (χ3n) is 4.01. The van der Waals surface area contributed by atoms with Gasteiger partial charge in [-0.2, -0.15) is 5.10 Å². The largest absolute Gasteiger partial charge is 0.460 e. The van der Waals surface area contributed by atoms with E-state index in [4.69, 9.17) is 4.42 Å². The lowest BCUT2D eigenvalue weighted by Gasteiger charge is -2.05. The minimum atomic E-state index is -0.0244. The first-order valence-corrected chi connectivity index (χ1v) is 8.07. The number of aryl methyl sites for hydroxylation is 3. The van der Waals surface area contributed by atoms with Gasteiger partial charge in [0, 0.05) is 42.2 Å². The van der Waals surface area contributed by atoms with Crippen molar-refractivity contribution in [1.82, 2.24) is 20.1 Å². The van der Waals surface area contributed by atoms with Crippen molar-refractivity contribution in [1.29, 1.82) is 0 Å². The summed E-state index contributed by atoms with van der Waals surface area (Å²) in [4.78, 5) is 14.7. The number of nitrogens with one attached hydrogen (secondary N) is 2. The Morgan fingerprint density at radius 1 is 1.33 bits per heavy atom. The molecule has 0 saturated heterocycles. The molecule has 0 spiro atoms. The van der Waals surface area contributed by atoms with Crippen molar-refractivity contribution in [3.63, 3.8) is 0 Å². The van der Waals surface area contributed by atoms with Crippen LogP contribution in [0.25, 0.3) is 11.3 Å². The molecule has 0 bridgehead atoms. The van der Waals surface area contributed by atoms with Crippen LogP contribution in [0.3, 0.4) is 0 Å². The first-order valence-electron chi connectivity index (χ1n) is 8.07. The van der Waals surface area contributed by atoms with E-state index in [1.54, 1.807) is 4.68 Å². The molecule has 0 atom stereocenters. The number of aromatic amines is 1. The predicted molar refractivity (Wildman–Crippen MR) is 92.6 cm³/mol. The lowest BCUT2D eigenvalue weighted by Crippen LogP contribution is -2.13. The number of aromatic nitrogens is 3. The van der Waals surface area contributed by atoms with E-state index < -0.39 is 0 Å². The summed E-state index contributed by atoms with van der Waals surface area (Å²) < 4.78 is 7.71. The number of furan rings is 1. The highest BCUT2D eigenvalue weighted by molar-refractivity contribution is 5.61. The van der Waals surface area contributed by atoms with Crippen LogP contribution in [-0.2, 0) is 26.6 Å². The molecule has 0 amide bonds. The maximum absolute atomic E-state index is 11.8. The highest BCUT2D eigenvalue weighted by atomic mass is 16.3. The van der Waals surface area contributed by atoms with Crippen LogP contribution < -0.4 is 10.9 Å². The zero-order chi connectivity index (χ0) is 17.1. The minimum Gasteiger partial charge on any atom is -0.460 e. The van der Waals surface area contributed by atoms with Crippen molar-refractivity contribution in [3.05, 3.63) is 63.5 Å². The van der Waals surface area contributed by atoms with Gasteiger partial charge in [0.15, 0.2) is 0 Å². The maximum atomic E-state index is 11.8. The molecule has 0 saturated carbocycles. The van der Waals surface area contributed by atoms with Crippen molar-refractivity contribution in [2.24, 2.45) is 7.05 Å². The van der Waals surface area contributed by atoms with Gasteiger partial charge in [0.05, 0.1) is 12.7 Å². The molecule has 24 heavy (non-hydrogen) atoms. The summed E-state index contributed by atoms with van der Waals surface area (Å²) in [5.74, 6) is 1.63. The van der Waals surface area contributed by atoms with E-state index in [0.717, 1.165) is 40.4 Å². The zero-order valence-electron chi connectivity index (χ0n) is 14.2. The number of nitrogens with zero attached hydrogens (tertiary/aromatic N) is 2. The molecule has 0 aromatic carbocycles. The number of H-pyrrole nitrogens is 1. The molecule has 3 rings (SSSR count). The summed E-state index contributed by atoms with van der Waals surface area (Å²) in [6, 6.07) is 5.82. The molecule has 0 unspecified atom stereocenters. The predicted octanol–water partition coefficient (Wildman–Crippen LogP) is 2.53. The van der Waals surface area contributed by atoms with E-state index in [1.807, 2.05) is 51.5 Å². The summed E-state index contributed by atoms with van der Waals surface area (Å²) in [6.07, 6.45) is 4.52. The highest BCUT2D eigenvalue weighted by Gasteiger charge is 2.11. The van der Waals surface area contributed by atoms with Gasteiger partial charge in [-0.3, -0.25) is 9.48 Å². The van der Waals surface area contributed by atoms with Crippen LogP contribution in [0.4, 0.5) is 0 Å². The minimum absolute atomic E-state index is 0.0244. The third kappa shape index (κ3) is 3.49. The molecule has 3 aromatic heterocycles. The lowest BCUT2D eigenvalue weighted by atomic mass is 10.1. The van der Waals surface area contributed by atoms with Crippen LogP contribution in [0.2, 0.25) is 0 Å². The van der Waals surface area contributed by atoms with Gasteiger partial charge >= 0.3 is 0 Å². The van der Waals surface area contributed by atoms with Gasteiger partial charge in [0.1, 0.15) is 11.5 Å².